The number of anilines is 4. The van der Waals surface area contributed by atoms with Gasteiger partial charge in [-0.2, -0.15) is 20.2 Å². The van der Waals surface area contributed by atoms with Crippen LogP contribution in [0, 0.1) is 17.1 Å². The van der Waals surface area contributed by atoms with Gasteiger partial charge in [0.1, 0.15) is 11.9 Å². The molecule has 0 aliphatic carbocycles. The lowest BCUT2D eigenvalue weighted by Gasteiger charge is -2.12. The monoisotopic (exact) mass is 273 g/mol. The molecule has 1 aromatic heterocycles. The lowest BCUT2D eigenvalue weighted by Crippen LogP contribution is -2.15. The number of benzene rings is 1. The summed E-state index contributed by atoms with van der Waals surface area (Å²) in [6.07, 6.45) is 0. The number of hydrogen-bond acceptors (Lipinski definition) is 7. The summed E-state index contributed by atoms with van der Waals surface area (Å²) in [7, 11) is 3.52. The maximum atomic E-state index is 13.1. The minimum absolute atomic E-state index is 0.0480. The summed E-state index contributed by atoms with van der Waals surface area (Å²) < 4.78 is 13.1. The quantitative estimate of drug-likeness (QED) is 0.867. The first-order valence-electron chi connectivity index (χ1n) is 5.65. The van der Waals surface area contributed by atoms with E-state index in [0.717, 1.165) is 6.07 Å². The zero-order valence-corrected chi connectivity index (χ0v) is 10.9. The molecule has 0 bridgehead atoms. The summed E-state index contributed by atoms with van der Waals surface area (Å²) in [5.41, 5.74) is 6.13. The van der Waals surface area contributed by atoms with E-state index in [9.17, 15) is 4.39 Å². The number of rotatable bonds is 3. The largest absolute Gasteiger partial charge is 0.368 e. The number of nitrogens with two attached hydrogens (primary N) is 1. The lowest BCUT2D eigenvalue weighted by atomic mass is 10.2. The minimum atomic E-state index is -0.490. The van der Waals surface area contributed by atoms with Gasteiger partial charge in [-0.15, -0.1) is 0 Å². The molecular formula is C12H12FN7. The molecule has 0 unspecified atom stereocenters. The fourth-order valence-corrected chi connectivity index (χ4v) is 1.48. The fraction of sp³-hybridized carbons (Fsp3) is 0.167. The van der Waals surface area contributed by atoms with Crippen LogP contribution in [0.3, 0.4) is 0 Å². The summed E-state index contributed by atoms with van der Waals surface area (Å²) in [6, 6.07) is 5.69. The van der Waals surface area contributed by atoms with E-state index < -0.39 is 5.82 Å². The predicted octanol–water partition coefficient (Wildman–Crippen LogP) is 1.27. The Morgan fingerprint density at radius 2 is 2.05 bits per heavy atom. The molecule has 102 valence electrons. The molecule has 0 radical (unpaired) electrons. The molecule has 7 nitrogen and oxygen atoms in total. The van der Waals surface area contributed by atoms with Crippen molar-refractivity contribution in [2.75, 3.05) is 30.0 Å². The van der Waals surface area contributed by atoms with Gasteiger partial charge in [-0.25, -0.2) is 4.39 Å². The lowest BCUT2D eigenvalue weighted by molar-refractivity contribution is 0.627. The number of nitriles is 1. The molecule has 3 N–H and O–H groups in total. The van der Waals surface area contributed by atoms with Gasteiger partial charge in [-0.1, -0.05) is 0 Å². The van der Waals surface area contributed by atoms with E-state index in [2.05, 4.69) is 20.3 Å². The minimum Gasteiger partial charge on any atom is -0.368 e. The van der Waals surface area contributed by atoms with Crippen molar-refractivity contribution in [2.45, 2.75) is 0 Å². The van der Waals surface area contributed by atoms with Crippen molar-refractivity contribution in [3.8, 4) is 6.07 Å². The Bertz CT molecular complexity index is 678. The molecule has 0 aliphatic heterocycles. The molecule has 0 saturated heterocycles. The Balaban J connectivity index is 2.38. The maximum Gasteiger partial charge on any atom is 0.233 e. The second kappa shape index (κ2) is 5.36. The molecule has 0 atom stereocenters. The van der Waals surface area contributed by atoms with Crippen molar-refractivity contribution >= 4 is 23.5 Å². The second-order valence-corrected chi connectivity index (χ2v) is 4.14. The van der Waals surface area contributed by atoms with Gasteiger partial charge < -0.3 is 16.0 Å². The number of nitrogen functional groups attached to an aromatic ring is 1. The van der Waals surface area contributed by atoms with Gasteiger partial charge in [0.2, 0.25) is 17.8 Å². The molecule has 0 fully saturated rings. The Kier molecular flexibility index (Phi) is 3.61. The molecule has 1 heterocycles. The van der Waals surface area contributed by atoms with E-state index in [1.807, 2.05) is 6.07 Å². The molecule has 0 spiro atoms. The number of halogens is 1. The van der Waals surface area contributed by atoms with Crippen LogP contribution in [0.1, 0.15) is 5.56 Å². The van der Waals surface area contributed by atoms with E-state index in [1.165, 1.54) is 12.1 Å². The average Bonchev–Trinajstić information content (AvgIpc) is 2.40. The molecule has 0 aliphatic rings. The van der Waals surface area contributed by atoms with Crippen molar-refractivity contribution in [1.29, 1.82) is 5.26 Å². The molecule has 0 saturated carbocycles. The van der Waals surface area contributed by atoms with E-state index in [0.29, 0.717) is 11.6 Å². The summed E-state index contributed by atoms with van der Waals surface area (Å²) in [6.45, 7) is 0. The summed E-state index contributed by atoms with van der Waals surface area (Å²) in [4.78, 5) is 13.7. The van der Waals surface area contributed by atoms with Gasteiger partial charge in [0.05, 0.1) is 11.3 Å². The van der Waals surface area contributed by atoms with Gasteiger partial charge in [-0.3, -0.25) is 0 Å². The van der Waals surface area contributed by atoms with E-state index in [1.54, 1.807) is 19.0 Å². The maximum absolute atomic E-state index is 13.1. The van der Waals surface area contributed by atoms with Crippen molar-refractivity contribution in [3.63, 3.8) is 0 Å². The van der Waals surface area contributed by atoms with E-state index >= 15 is 0 Å². The van der Waals surface area contributed by atoms with Crippen LogP contribution in [0.15, 0.2) is 18.2 Å². The Morgan fingerprint density at radius 3 is 2.70 bits per heavy atom. The second-order valence-electron chi connectivity index (χ2n) is 4.14. The molecule has 0 amide bonds. The highest BCUT2D eigenvalue weighted by atomic mass is 19.1. The van der Waals surface area contributed by atoms with Crippen molar-refractivity contribution < 1.29 is 4.39 Å². The van der Waals surface area contributed by atoms with Gasteiger partial charge in [0.25, 0.3) is 0 Å². The molecule has 1 aromatic carbocycles. The number of hydrogen-bond donors (Lipinski definition) is 2. The van der Waals surface area contributed by atoms with Gasteiger partial charge in [0, 0.05) is 14.1 Å². The third-order valence-corrected chi connectivity index (χ3v) is 2.39. The van der Waals surface area contributed by atoms with Crippen LogP contribution in [0.2, 0.25) is 0 Å². The van der Waals surface area contributed by atoms with Crippen molar-refractivity contribution in [3.05, 3.63) is 29.6 Å². The smallest absolute Gasteiger partial charge is 0.233 e. The summed E-state index contributed by atoms with van der Waals surface area (Å²) in [5, 5.41) is 11.8. The number of nitrogens with one attached hydrogen (secondary N) is 1. The Labute approximate surface area is 114 Å². The SMILES string of the molecule is CN(C)c1nc(N)nc(Nc2ccc(F)cc2C#N)n1. The molecule has 20 heavy (non-hydrogen) atoms. The van der Waals surface area contributed by atoms with Crippen LogP contribution < -0.4 is 16.0 Å². The average molecular weight is 273 g/mol. The van der Waals surface area contributed by atoms with Gasteiger partial charge in [-0.05, 0) is 18.2 Å². The molecule has 8 heteroatoms. The normalized spacial score (nSPS) is 9.90. The highest BCUT2D eigenvalue weighted by Gasteiger charge is 2.09. The zero-order chi connectivity index (χ0) is 14.7. The van der Waals surface area contributed by atoms with Crippen LogP contribution in [-0.4, -0.2) is 29.0 Å². The van der Waals surface area contributed by atoms with Crippen LogP contribution in [0.5, 0.6) is 0 Å². The van der Waals surface area contributed by atoms with E-state index in [-0.39, 0.29) is 17.5 Å². The number of nitrogens with zero attached hydrogens (tertiary/aromatic N) is 5. The topological polar surface area (TPSA) is 104 Å². The highest BCUT2D eigenvalue weighted by molar-refractivity contribution is 5.63. The summed E-state index contributed by atoms with van der Waals surface area (Å²) >= 11 is 0. The van der Waals surface area contributed by atoms with Crippen molar-refractivity contribution in [1.82, 2.24) is 15.0 Å². The standard InChI is InChI=1S/C12H12FN7/c1-20(2)12-18-10(15)17-11(19-12)16-9-4-3-8(13)5-7(9)6-14/h3-5H,1-2H3,(H3,15,16,17,18,19). The fourth-order valence-electron chi connectivity index (χ4n) is 1.48. The summed E-state index contributed by atoms with van der Waals surface area (Å²) in [5.74, 6) is 0.119. The van der Waals surface area contributed by atoms with Crippen LogP contribution in [0.25, 0.3) is 0 Å². The van der Waals surface area contributed by atoms with Gasteiger partial charge >= 0.3 is 0 Å². The first-order chi connectivity index (χ1) is 9.49. The molecule has 2 rings (SSSR count). The first kappa shape index (κ1) is 13.5. The Morgan fingerprint density at radius 1 is 1.30 bits per heavy atom. The van der Waals surface area contributed by atoms with Crippen molar-refractivity contribution in [2.24, 2.45) is 0 Å². The van der Waals surface area contributed by atoms with Crippen LogP contribution in [-0.2, 0) is 0 Å². The predicted molar refractivity (Wildman–Crippen MR) is 73.0 cm³/mol. The molecule has 2 aromatic rings. The highest BCUT2D eigenvalue weighted by Crippen LogP contribution is 2.20. The van der Waals surface area contributed by atoms with E-state index in [4.69, 9.17) is 11.0 Å². The third-order valence-electron chi connectivity index (χ3n) is 2.39. The zero-order valence-electron chi connectivity index (χ0n) is 10.9. The molecular weight excluding hydrogens is 261 g/mol. The third kappa shape index (κ3) is 2.89. The van der Waals surface area contributed by atoms with Gasteiger partial charge in [0.15, 0.2) is 0 Å². The number of aromatic nitrogens is 3. The van der Waals surface area contributed by atoms with Crippen LogP contribution in [0.4, 0.5) is 27.9 Å². The van der Waals surface area contributed by atoms with Crippen LogP contribution >= 0.6 is 0 Å². The first-order valence-corrected chi connectivity index (χ1v) is 5.65. The Hall–Kier alpha value is -2.95.